The fraction of sp³-hybridized carbons (Fsp3) is 0.593. The van der Waals surface area contributed by atoms with E-state index in [1.807, 2.05) is 18.2 Å². The van der Waals surface area contributed by atoms with Crippen LogP contribution in [0.1, 0.15) is 67.0 Å². The second-order valence-corrected chi connectivity index (χ2v) is 10.2. The van der Waals surface area contributed by atoms with Crippen LogP contribution in [0.15, 0.2) is 30.3 Å². The van der Waals surface area contributed by atoms with Gasteiger partial charge in [-0.25, -0.2) is 14.6 Å². The summed E-state index contributed by atoms with van der Waals surface area (Å²) in [5, 5.41) is 3.02. The Morgan fingerprint density at radius 1 is 1.08 bits per heavy atom. The molecular weight excluding hydrogens is 458 g/mol. The molecule has 3 aliphatic heterocycles. The summed E-state index contributed by atoms with van der Waals surface area (Å²) in [6, 6.07) is 11.6. The Balaban J connectivity index is 1.26. The van der Waals surface area contributed by atoms with Gasteiger partial charge < -0.3 is 24.3 Å². The molecule has 194 valence electrons. The molecule has 1 aromatic heterocycles. The number of piperidine rings is 1. The molecule has 0 radical (unpaired) electrons. The van der Waals surface area contributed by atoms with E-state index in [2.05, 4.69) is 33.8 Å². The number of carbonyl (C=O) groups is 2. The van der Waals surface area contributed by atoms with E-state index in [-0.39, 0.29) is 12.1 Å². The molecule has 3 atom stereocenters. The zero-order chi connectivity index (χ0) is 25.2. The Hall–Kier alpha value is -3.07. The molecule has 3 aliphatic rings. The quantitative estimate of drug-likeness (QED) is 0.652. The zero-order valence-corrected chi connectivity index (χ0v) is 21.5. The summed E-state index contributed by atoms with van der Waals surface area (Å²) < 4.78 is 12.3. The third-order valence-electron chi connectivity index (χ3n) is 8.24. The second kappa shape index (κ2) is 10.5. The minimum atomic E-state index is -0.392. The molecule has 0 aliphatic carbocycles. The van der Waals surface area contributed by atoms with E-state index in [4.69, 9.17) is 14.5 Å². The molecule has 5 rings (SSSR count). The van der Waals surface area contributed by atoms with Gasteiger partial charge in [0, 0.05) is 43.3 Å². The molecule has 0 saturated carbocycles. The van der Waals surface area contributed by atoms with Crippen LogP contribution < -0.4 is 5.32 Å². The number of benzene rings is 1. The summed E-state index contributed by atoms with van der Waals surface area (Å²) in [6.45, 7) is 4.24. The lowest BCUT2D eigenvalue weighted by Crippen LogP contribution is -2.45. The maximum atomic E-state index is 12.0. The van der Waals surface area contributed by atoms with Crippen LogP contribution in [-0.4, -0.2) is 70.9 Å². The Morgan fingerprint density at radius 2 is 1.81 bits per heavy atom. The lowest BCUT2D eigenvalue weighted by molar-refractivity contribution is 0.0981. The summed E-state index contributed by atoms with van der Waals surface area (Å²) in [7, 11) is 2.84. The van der Waals surface area contributed by atoms with E-state index in [1.165, 1.54) is 32.8 Å². The minimum Gasteiger partial charge on any atom is -0.453 e. The standard InChI is InChI=1S/C27H37N5O4/c1-18-28-24-17-30(27(34)36-3)13-12-25(24)32(18)22-15-20-9-10-21(16-22)31(20)14-11-23(29-26(33)35-2)19-7-5-4-6-8-19/h4-8,20-23H,9-17H2,1-3H3,(H,29,33)/t20?,21?,22?,23-/m0/s1. The molecule has 9 nitrogen and oxygen atoms in total. The summed E-state index contributed by atoms with van der Waals surface area (Å²) in [5.74, 6) is 1.05. The summed E-state index contributed by atoms with van der Waals surface area (Å²) in [4.78, 5) is 33.3. The number of imidazole rings is 1. The van der Waals surface area contributed by atoms with Crippen molar-refractivity contribution in [2.24, 2.45) is 0 Å². The number of aromatic nitrogens is 2. The monoisotopic (exact) mass is 495 g/mol. The van der Waals surface area contributed by atoms with E-state index < -0.39 is 6.09 Å². The van der Waals surface area contributed by atoms with Gasteiger partial charge in [-0.2, -0.15) is 0 Å². The number of carbonyl (C=O) groups excluding carboxylic acids is 2. The lowest BCUT2D eigenvalue weighted by atomic mass is 9.95. The van der Waals surface area contributed by atoms with Crippen molar-refractivity contribution in [1.29, 1.82) is 0 Å². The zero-order valence-electron chi connectivity index (χ0n) is 21.5. The van der Waals surface area contributed by atoms with Gasteiger partial charge in [-0.1, -0.05) is 30.3 Å². The molecule has 4 heterocycles. The number of nitrogens with zero attached hydrogens (tertiary/aromatic N) is 4. The third kappa shape index (κ3) is 4.81. The Bertz CT molecular complexity index is 1070. The van der Waals surface area contributed by atoms with Crippen molar-refractivity contribution >= 4 is 12.2 Å². The molecule has 2 saturated heterocycles. The smallest absolute Gasteiger partial charge is 0.409 e. The van der Waals surface area contributed by atoms with E-state index in [0.717, 1.165) is 49.3 Å². The van der Waals surface area contributed by atoms with Crippen LogP contribution in [0.5, 0.6) is 0 Å². The van der Waals surface area contributed by atoms with Gasteiger partial charge in [-0.15, -0.1) is 0 Å². The summed E-state index contributed by atoms with van der Waals surface area (Å²) in [5.41, 5.74) is 3.40. The number of fused-ring (bicyclic) bond motifs is 3. The Labute approximate surface area is 212 Å². The first kappa shape index (κ1) is 24.6. The van der Waals surface area contributed by atoms with Crippen LogP contribution >= 0.6 is 0 Å². The molecule has 36 heavy (non-hydrogen) atoms. The molecule has 0 spiro atoms. The Kier molecular flexibility index (Phi) is 7.18. The largest absolute Gasteiger partial charge is 0.453 e. The molecule has 2 fully saturated rings. The maximum absolute atomic E-state index is 12.0. The maximum Gasteiger partial charge on any atom is 0.409 e. The van der Waals surface area contributed by atoms with Crippen molar-refractivity contribution in [1.82, 2.24) is 24.7 Å². The van der Waals surface area contributed by atoms with Gasteiger partial charge >= 0.3 is 12.2 Å². The van der Waals surface area contributed by atoms with Crippen LogP contribution in [0, 0.1) is 6.92 Å². The fourth-order valence-corrected chi connectivity index (χ4v) is 6.62. The average Bonchev–Trinajstić information content (AvgIpc) is 3.35. The van der Waals surface area contributed by atoms with Gasteiger partial charge in [0.1, 0.15) is 5.82 Å². The predicted molar refractivity (Wildman–Crippen MR) is 135 cm³/mol. The van der Waals surface area contributed by atoms with Crippen molar-refractivity contribution in [2.75, 3.05) is 27.3 Å². The molecule has 9 heteroatoms. The highest BCUT2D eigenvalue weighted by Crippen LogP contribution is 2.43. The number of alkyl carbamates (subject to hydrolysis) is 1. The molecular formula is C27H37N5O4. The average molecular weight is 496 g/mol. The molecule has 1 aromatic carbocycles. The topological polar surface area (TPSA) is 88.9 Å². The molecule has 2 bridgehead atoms. The van der Waals surface area contributed by atoms with Crippen LogP contribution in [0.4, 0.5) is 9.59 Å². The van der Waals surface area contributed by atoms with Crippen molar-refractivity contribution in [3.05, 3.63) is 53.1 Å². The minimum absolute atomic E-state index is 0.0727. The number of nitrogens with one attached hydrogen (secondary N) is 1. The van der Waals surface area contributed by atoms with Crippen LogP contribution in [-0.2, 0) is 22.4 Å². The first-order valence-electron chi connectivity index (χ1n) is 13.0. The molecule has 2 unspecified atom stereocenters. The number of amides is 2. The van der Waals surface area contributed by atoms with Crippen molar-refractivity contribution in [2.45, 2.75) is 76.2 Å². The predicted octanol–water partition coefficient (Wildman–Crippen LogP) is 3.97. The van der Waals surface area contributed by atoms with Crippen molar-refractivity contribution < 1.29 is 19.1 Å². The SMILES string of the molecule is COC(=O)N[C@@H](CCN1C2CCC1CC(n1c(C)nc3c1CCN(C(=O)OC)C3)C2)c1ccccc1. The number of rotatable bonds is 6. The first-order valence-corrected chi connectivity index (χ1v) is 13.0. The van der Waals surface area contributed by atoms with Crippen LogP contribution in [0.2, 0.25) is 0 Å². The fourth-order valence-electron chi connectivity index (χ4n) is 6.62. The molecule has 2 aromatic rings. The third-order valence-corrected chi connectivity index (χ3v) is 8.24. The van der Waals surface area contributed by atoms with Gasteiger partial charge in [0.2, 0.25) is 0 Å². The number of hydrogen-bond donors (Lipinski definition) is 1. The normalized spacial score (nSPS) is 24.2. The van der Waals surface area contributed by atoms with Gasteiger partial charge in [0.05, 0.1) is 32.5 Å². The van der Waals surface area contributed by atoms with E-state index >= 15 is 0 Å². The lowest BCUT2D eigenvalue weighted by Gasteiger charge is -2.41. The van der Waals surface area contributed by atoms with Crippen molar-refractivity contribution in [3.63, 3.8) is 0 Å². The summed E-state index contributed by atoms with van der Waals surface area (Å²) >= 11 is 0. The van der Waals surface area contributed by atoms with Gasteiger partial charge in [0.25, 0.3) is 0 Å². The van der Waals surface area contributed by atoms with Gasteiger partial charge in [-0.3, -0.25) is 4.90 Å². The first-order chi connectivity index (χ1) is 17.5. The number of methoxy groups -OCH3 is 2. The van der Waals surface area contributed by atoms with E-state index in [0.29, 0.717) is 31.2 Å². The number of ether oxygens (including phenoxy) is 2. The van der Waals surface area contributed by atoms with Crippen LogP contribution in [0.3, 0.4) is 0 Å². The van der Waals surface area contributed by atoms with Gasteiger partial charge in [0.15, 0.2) is 0 Å². The molecule has 2 amide bonds. The number of hydrogen-bond acceptors (Lipinski definition) is 6. The summed E-state index contributed by atoms with van der Waals surface area (Å²) in [6.07, 6.45) is 5.65. The highest BCUT2D eigenvalue weighted by atomic mass is 16.5. The Morgan fingerprint density at radius 3 is 2.47 bits per heavy atom. The van der Waals surface area contributed by atoms with E-state index in [9.17, 15) is 9.59 Å². The highest BCUT2D eigenvalue weighted by Gasteiger charge is 2.42. The van der Waals surface area contributed by atoms with Crippen LogP contribution in [0.25, 0.3) is 0 Å². The highest BCUT2D eigenvalue weighted by molar-refractivity contribution is 5.68. The number of aryl methyl sites for hydroxylation is 1. The second-order valence-electron chi connectivity index (χ2n) is 10.2. The van der Waals surface area contributed by atoms with E-state index in [1.54, 1.807) is 4.90 Å². The molecule has 1 N–H and O–H groups in total. The van der Waals surface area contributed by atoms with Gasteiger partial charge in [-0.05, 0) is 44.6 Å². The van der Waals surface area contributed by atoms with Crippen molar-refractivity contribution in [3.8, 4) is 0 Å².